The number of hydrogen-bond donors (Lipinski definition) is 0. The highest BCUT2D eigenvalue weighted by Crippen LogP contribution is 2.36. The van der Waals surface area contributed by atoms with Gasteiger partial charge in [-0.3, -0.25) is 10.1 Å². The lowest BCUT2D eigenvalue weighted by molar-refractivity contribution is -0.384. The lowest BCUT2D eigenvalue weighted by atomic mass is 10.1. The molecule has 1 aliphatic heterocycles. The van der Waals surface area contributed by atoms with Crippen LogP contribution in [0.4, 0.5) is 5.69 Å². The third-order valence-electron chi connectivity index (χ3n) is 4.81. The van der Waals surface area contributed by atoms with Crippen LogP contribution in [0.15, 0.2) is 75.8 Å². The number of methoxy groups -OCH3 is 1. The average molecular weight is 635 g/mol. The van der Waals surface area contributed by atoms with Crippen LogP contribution in [0.1, 0.15) is 16.7 Å². The fraction of sp³-hybridized carbons (Fsp3) is 0.0833. The van der Waals surface area contributed by atoms with Crippen LogP contribution in [0.25, 0.3) is 6.08 Å². The Labute approximate surface area is 216 Å². The highest BCUT2D eigenvalue weighted by atomic mass is 127. The van der Waals surface area contributed by atoms with Crippen LogP contribution in [-0.2, 0) is 16.1 Å². The molecule has 10 heteroatoms. The van der Waals surface area contributed by atoms with Crippen molar-refractivity contribution in [2.45, 2.75) is 6.61 Å². The number of carbonyl (C=O) groups is 1. The zero-order valence-electron chi connectivity index (χ0n) is 17.7. The summed E-state index contributed by atoms with van der Waals surface area (Å²) in [7, 11) is 1.52. The first-order valence-electron chi connectivity index (χ1n) is 9.87. The van der Waals surface area contributed by atoms with Gasteiger partial charge in [-0.25, -0.2) is 9.79 Å². The van der Waals surface area contributed by atoms with Gasteiger partial charge in [0.1, 0.15) is 6.61 Å². The maximum Gasteiger partial charge on any atom is 0.363 e. The number of nitrogens with zero attached hydrogens (tertiary/aromatic N) is 2. The van der Waals surface area contributed by atoms with Gasteiger partial charge in [0.25, 0.3) is 5.69 Å². The van der Waals surface area contributed by atoms with E-state index in [2.05, 4.69) is 43.5 Å². The van der Waals surface area contributed by atoms with Crippen LogP contribution in [-0.4, -0.2) is 23.9 Å². The maximum absolute atomic E-state index is 12.4. The Morgan fingerprint density at radius 2 is 1.91 bits per heavy atom. The molecule has 0 saturated carbocycles. The number of halogens is 2. The van der Waals surface area contributed by atoms with E-state index in [9.17, 15) is 14.9 Å². The first-order chi connectivity index (χ1) is 16.4. The topological polar surface area (TPSA) is 100 Å². The minimum atomic E-state index is -0.543. The number of cyclic esters (lactones) is 1. The molecular formula is C24H16BrIN2O6. The van der Waals surface area contributed by atoms with Crippen molar-refractivity contribution in [2.24, 2.45) is 4.99 Å². The van der Waals surface area contributed by atoms with Gasteiger partial charge in [-0.2, -0.15) is 0 Å². The second-order valence-corrected chi connectivity index (χ2v) is 9.08. The van der Waals surface area contributed by atoms with E-state index in [4.69, 9.17) is 14.2 Å². The summed E-state index contributed by atoms with van der Waals surface area (Å²) in [5, 5.41) is 10.8. The predicted molar refractivity (Wildman–Crippen MR) is 138 cm³/mol. The van der Waals surface area contributed by atoms with Crippen LogP contribution < -0.4 is 9.47 Å². The number of nitro benzene ring substituents is 1. The lowest BCUT2D eigenvalue weighted by Crippen LogP contribution is -2.05. The van der Waals surface area contributed by atoms with E-state index in [0.717, 1.165) is 13.6 Å². The number of ether oxygens (including phenoxy) is 3. The van der Waals surface area contributed by atoms with Crippen molar-refractivity contribution in [3.63, 3.8) is 0 Å². The van der Waals surface area contributed by atoms with E-state index in [-0.39, 0.29) is 23.9 Å². The molecule has 0 unspecified atom stereocenters. The molecule has 3 aromatic carbocycles. The Balaban J connectivity index is 1.57. The summed E-state index contributed by atoms with van der Waals surface area (Å²) in [6.45, 7) is 0.205. The second-order valence-electron chi connectivity index (χ2n) is 7.06. The minimum Gasteiger partial charge on any atom is -0.493 e. The van der Waals surface area contributed by atoms with E-state index in [0.29, 0.717) is 22.6 Å². The lowest BCUT2D eigenvalue weighted by Gasteiger charge is -2.13. The number of esters is 1. The third-order valence-corrected chi connectivity index (χ3v) is 6.30. The Hall–Kier alpha value is -3.25. The smallest absolute Gasteiger partial charge is 0.363 e. The normalized spacial score (nSPS) is 14.0. The van der Waals surface area contributed by atoms with Crippen molar-refractivity contribution in [3.8, 4) is 11.5 Å². The van der Waals surface area contributed by atoms with Gasteiger partial charge in [0.05, 0.1) is 21.2 Å². The van der Waals surface area contributed by atoms with E-state index < -0.39 is 10.9 Å². The summed E-state index contributed by atoms with van der Waals surface area (Å²) in [4.78, 5) is 27.1. The van der Waals surface area contributed by atoms with Crippen molar-refractivity contribution in [3.05, 3.63) is 101 Å². The average Bonchev–Trinajstić information content (AvgIpc) is 3.18. The number of hydrogen-bond acceptors (Lipinski definition) is 7. The van der Waals surface area contributed by atoms with Crippen molar-refractivity contribution < 1.29 is 23.9 Å². The third kappa shape index (κ3) is 5.28. The highest BCUT2D eigenvalue weighted by molar-refractivity contribution is 14.1. The molecule has 172 valence electrons. The Bertz CT molecular complexity index is 1340. The van der Waals surface area contributed by atoms with Gasteiger partial charge in [-0.15, -0.1) is 0 Å². The van der Waals surface area contributed by atoms with E-state index in [1.807, 2.05) is 30.3 Å². The molecule has 4 rings (SSSR count). The highest BCUT2D eigenvalue weighted by Gasteiger charge is 2.25. The molecule has 0 fully saturated rings. The van der Waals surface area contributed by atoms with Crippen LogP contribution in [0.3, 0.4) is 0 Å². The molecule has 1 heterocycles. The van der Waals surface area contributed by atoms with E-state index >= 15 is 0 Å². The maximum atomic E-state index is 12.4. The van der Waals surface area contributed by atoms with Crippen LogP contribution in [0.2, 0.25) is 0 Å². The molecule has 0 N–H and O–H groups in total. The van der Waals surface area contributed by atoms with Crippen LogP contribution in [0, 0.1) is 13.7 Å². The number of benzene rings is 3. The minimum absolute atomic E-state index is 0.0178. The first-order valence-corrected chi connectivity index (χ1v) is 11.7. The van der Waals surface area contributed by atoms with Gasteiger partial charge in [-0.05, 0) is 92.1 Å². The second kappa shape index (κ2) is 10.3. The summed E-state index contributed by atoms with van der Waals surface area (Å²) in [6.07, 6.45) is 1.62. The van der Waals surface area contributed by atoms with Gasteiger partial charge in [-0.1, -0.05) is 12.1 Å². The molecule has 0 amide bonds. The molecular weight excluding hydrogens is 619 g/mol. The van der Waals surface area contributed by atoms with Gasteiger partial charge in [0.2, 0.25) is 5.90 Å². The fourth-order valence-corrected chi connectivity index (χ4v) is 4.38. The Morgan fingerprint density at radius 3 is 2.59 bits per heavy atom. The van der Waals surface area contributed by atoms with Crippen LogP contribution >= 0.6 is 38.5 Å². The first kappa shape index (κ1) is 23.9. The van der Waals surface area contributed by atoms with Gasteiger partial charge in [0, 0.05) is 16.6 Å². The summed E-state index contributed by atoms with van der Waals surface area (Å²) in [5.74, 6) is 0.684. The largest absolute Gasteiger partial charge is 0.493 e. The number of carbonyl (C=O) groups excluding carboxylic acids is 1. The number of rotatable bonds is 7. The fourth-order valence-electron chi connectivity index (χ4n) is 3.15. The molecule has 0 saturated heterocycles. The summed E-state index contributed by atoms with van der Waals surface area (Å²) in [6, 6.07) is 17.1. The van der Waals surface area contributed by atoms with Gasteiger partial charge >= 0.3 is 5.97 Å². The van der Waals surface area contributed by atoms with Crippen molar-refractivity contribution in [2.75, 3.05) is 7.11 Å². The molecule has 8 nitrogen and oxygen atoms in total. The summed E-state index contributed by atoms with van der Waals surface area (Å²) < 4.78 is 18.3. The molecule has 0 bridgehead atoms. The molecule has 0 spiro atoms. The number of nitro groups is 1. The molecule has 0 aromatic heterocycles. The molecule has 34 heavy (non-hydrogen) atoms. The van der Waals surface area contributed by atoms with Gasteiger partial charge in [0.15, 0.2) is 17.2 Å². The monoisotopic (exact) mass is 634 g/mol. The van der Waals surface area contributed by atoms with Crippen molar-refractivity contribution in [1.29, 1.82) is 0 Å². The molecule has 3 aromatic rings. The predicted octanol–water partition coefficient (Wildman–Crippen LogP) is 5.89. The molecule has 0 radical (unpaired) electrons. The SMILES string of the molecule is COc1cc(/C=C2\N=C(c3ccccc3Br)OC2=O)cc(I)c1OCc1ccc([N+](=O)[O-])cc1. The van der Waals surface area contributed by atoms with Gasteiger partial charge < -0.3 is 14.2 Å². The molecule has 0 aliphatic carbocycles. The van der Waals surface area contributed by atoms with Crippen molar-refractivity contribution >= 4 is 62.2 Å². The Kier molecular flexibility index (Phi) is 7.27. The number of non-ortho nitro benzene ring substituents is 1. The quantitative estimate of drug-likeness (QED) is 0.106. The van der Waals surface area contributed by atoms with Crippen molar-refractivity contribution in [1.82, 2.24) is 0 Å². The number of aliphatic imine (C=N–C) groups is 1. The van der Waals surface area contributed by atoms with E-state index in [1.54, 1.807) is 24.3 Å². The Morgan fingerprint density at radius 1 is 1.18 bits per heavy atom. The standard InChI is InChI=1S/C24H16BrIN2O6/c1-32-21-12-15(11-20-24(29)34-23(27-20)17-4-2-3-5-18(17)25)10-19(26)22(21)33-13-14-6-8-16(9-7-14)28(30)31/h2-12H,13H2,1H3/b20-11-. The van der Waals surface area contributed by atoms with Crippen LogP contribution in [0.5, 0.6) is 11.5 Å². The molecule has 0 atom stereocenters. The zero-order valence-corrected chi connectivity index (χ0v) is 21.4. The zero-order chi connectivity index (χ0) is 24.2. The summed E-state index contributed by atoms with van der Waals surface area (Å²) in [5.41, 5.74) is 2.33. The van der Waals surface area contributed by atoms with E-state index in [1.165, 1.54) is 19.2 Å². The molecule has 1 aliphatic rings. The summed E-state index contributed by atoms with van der Waals surface area (Å²) >= 11 is 5.56.